The van der Waals surface area contributed by atoms with E-state index < -0.39 is 6.04 Å². The lowest BCUT2D eigenvalue weighted by atomic mass is 9.94. The Labute approximate surface area is 200 Å². The van der Waals surface area contributed by atoms with Crippen molar-refractivity contribution in [3.8, 4) is 5.75 Å². The van der Waals surface area contributed by atoms with Crippen LogP contribution in [0.5, 0.6) is 5.75 Å². The number of carbonyl (C=O) groups excluding carboxylic acids is 2. The van der Waals surface area contributed by atoms with Gasteiger partial charge in [0.25, 0.3) is 5.91 Å². The minimum Gasteiger partial charge on any atom is -0.497 e. The maximum atomic E-state index is 13.7. The molecule has 178 valence electrons. The molecule has 4 rings (SSSR count). The monoisotopic (exact) mass is 460 g/mol. The molecule has 0 spiro atoms. The molecule has 34 heavy (non-hydrogen) atoms. The zero-order valence-corrected chi connectivity index (χ0v) is 19.6. The number of carbonyl (C=O) groups is 2. The normalized spacial score (nSPS) is 14.9. The second kappa shape index (κ2) is 11.5. The van der Waals surface area contributed by atoms with Gasteiger partial charge in [0.15, 0.2) is 5.76 Å². The van der Waals surface area contributed by atoms with E-state index in [1.807, 2.05) is 54.6 Å². The molecule has 0 radical (unpaired) electrons. The van der Waals surface area contributed by atoms with Crippen molar-refractivity contribution in [3.63, 3.8) is 0 Å². The van der Waals surface area contributed by atoms with Crippen molar-refractivity contribution < 1.29 is 18.7 Å². The highest BCUT2D eigenvalue weighted by Crippen LogP contribution is 2.27. The lowest BCUT2D eigenvalue weighted by Crippen LogP contribution is -2.47. The van der Waals surface area contributed by atoms with E-state index in [0.29, 0.717) is 18.7 Å². The van der Waals surface area contributed by atoms with E-state index in [1.165, 1.54) is 12.7 Å². The van der Waals surface area contributed by atoms with Crippen molar-refractivity contribution >= 4 is 11.8 Å². The third-order valence-corrected chi connectivity index (χ3v) is 6.42. The van der Waals surface area contributed by atoms with Gasteiger partial charge in [-0.25, -0.2) is 0 Å². The Morgan fingerprint density at radius 1 is 1.00 bits per heavy atom. The number of ether oxygens (including phenoxy) is 1. The fraction of sp³-hybridized carbons (Fsp3) is 0.357. The number of rotatable bonds is 9. The molecule has 3 aromatic rings. The molecule has 6 heteroatoms. The van der Waals surface area contributed by atoms with E-state index >= 15 is 0 Å². The van der Waals surface area contributed by atoms with E-state index in [9.17, 15) is 9.59 Å². The van der Waals surface area contributed by atoms with Gasteiger partial charge >= 0.3 is 0 Å². The number of furan rings is 1. The molecule has 1 atom stereocenters. The van der Waals surface area contributed by atoms with Crippen LogP contribution in [0.25, 0.3) is 0 Å². The number of benzene rings is 2. The van der Waals surface area contributed by atoms with Gasteiger partial charge in [0.05, 0.1) is 13.4 Å². The van der Waals surface area contributed by atoms with Gasteiger partial charge in [-0.2, -0.15) is 0 Å². The summed E-state index contributed by atoms with van der Waals surface area (Å²) in [5, 5.41) is 3.23. The smallest absolute Gasteiger partial charge is 0.290 e. The molecule has 1 heterocycles. The Morgan fingerprint density at radius 3 is 2.38 bits per heavy atom. The van der Waals surface area contributed by atoms with Gasteiger partial charge in [-0.3, -0.25) is 9.59 Å². The summed E-state index contributed by atoms with van der Waals surface area (Å²) in [5.41, 5.74) is 1.84. The third-order valence-electron chi connectivity index (χ3n) is 6.42. The van der Waals surface area contributed by atoms with Crippen molar-refractivity contribution in [2.45, 2.75) is 50.6 Å². The van der Waals surface area contributed by atoms with Crippen LogP contribution in [0.4, 0.5) is 0 Å². The summed E-state index contributed by atoms with van der Waals surface area (Å²) >= 11 is 0. The van der Waals surface area contributed by atoms with Crippen molar-refractivity contribution in [2.24, 2.45) is 0 Å². The molecular weight excluding hydrogens is 428 g/mol. The maximum Gasteiger partial charge on any atom is 0.290 e. The average molecular weight is 461 g/mol. The fourth-order valence-electron chi connectivity index (χ4n) is 4.57. The van der Waals surface area contributed by atoms with Gasteiger partial charge in [-0.1, -0.05) is 61.7 Å². The molecule has 1 saturated carbocycles. The van der Waals surface area contributed by atoms with Crippen LogP contribution < -0.4 is 10.1 Å². The topological polar surface area (TPSA) is 71.8 Å². The van der Waals surface area contributed by atoms with Crippen LogP contribution in [0.2, 0.25) is 0 Å². The van der Waals surface area contributed by atoms with Crippen LogP contribution in [-0.4, -0.2) is 36.4 Å². The second-order valence-electron chi connectivity index (χ2n) is 8.73. The zero-order valence-electron chi connectivity index (χ0n) is 19.6. The highest BCUT2D eigenvalue weighted by atomic mass is 16.5. The summed E-state index contributed by atoms with van der Waals surface area (Å²) in [6.45, 7) is 0.373. The van der Waals surface area contributed by atoms with Gasteiger partial charge in [0.2, 0.25) is 5.91 Å². The highest BCUT2D eigenvalue weighted by Gasteiger charge is 2.34. The number of hydrogen-bond acceptors (Lipinski definition) is 4. The van der Waals surface area contributed by atoms with Gasteiger partial charge in [0.1, 0.15) is 11.8 Å². The first-order valence-electron chi connectivity index (χ1n) is 12.0. The summed E-state index contributed by atoms with van der Waals surface area (Å²) in [5.74, 6) is 0.450. The standard InChI is InChI=1S/C28H32N2O4/c1-33-24-16-14-22(15-17-24)26(27(31)29-23-11-6-3-7-12-23)30(28(32)25-13-8-20-34-25)19-18-21-9-4-2-5-10-21/h2,4-5,8-10,13-17,20,23,26H,3,6-7,11-12,18-19H2,1H3,(H,29,31). The molecule has 1 aromatic heterocycles. The highest BCUT2D eigenvalue weighted by molar-refractivity contribution is 5.96. The van der Waals surface area contributed by atoms with Crippen LogP contribution >= 0.6 is 0 Å². The van der Waals surface area contributed by atoms with Crippen LogP contribution in [-0.2, 0) is 11.2 Å². The first-order chi connectivity index (χ1) is 16.7. The summed E-state index contributed by atoms with van der Waals surface area (Å²) in [6.07, 6.45) is 7.47. The van der Waals surface area contributed by atoms with Crippen molar-refractivity contribution in [3.05, 3.63) is 89.9 Å². The molecular formula is C28H32N2O4. The first-order valence-corrected chi connectivity index (χ1v) is 12.0. The quantitative estimate of drug-likeness (QED) is 0.479. The molecule has 0 saturated heterocycles. The maximum absolute atomic E-state index is 13.7. The van der Waals surface area contributed by atoms with Crippen LogP contribution in [0, 0.1) is 0 Å². The predicted octanol–water partition coefficient (Wildman–Crippen LogP) is 5.16. The summed E-state index contributed by atoms with van der Waals surface area (Å²) < 4.78 is 10.7. The molecule has 1 N–H and O–H groups in total. The summed E-state index contributed by atoms with van der Waals surface area (Å²) in [6, 6.07) is 20.0. The molecule has 1 aliphatic rings. The molecule has 0 bridgehead atoms. The van der Waals surface area contributed by atoms with E-state index in [4.69, 9.17) is 9.15 Å². The number of nitrogens with zero attached hydrogens (tertiary/aromatic N) is 1. The van der Waals surface area contributed by atoms with Crippen molar-refractivity contribution in [1.29, 1.82) is 0 Å². The number of hydrogen-bond donors (Lipinski definition) is 1. The van der Waals surface area contributed by atoms with Crippen LogP contribution in [0.15, 0.2) is 77.4 Å². The van der Waals surface area contributed by atoms with E-state index in [0.717, 1.165) is 36.8 Å². The van der Waals surface area contributed by atoms with E-state index in [-0.39, 0.29) is 23.6 Å². The third kappa shape index (κ3) is 5.87. The van der Waals surface area contributed by atoms with E-state index in [1.54, 1.807) is 24.1 Å². The Kier molecular flexibility index (Phi) is 8.02. The predicted molar refractivity (Wildman–Crippen MR) is 131 cm³/mol. The van der Waals surface area contributed by atoms with Crippen LogP contribution in [0.3, 0.4) is 0 Å². The lowest BCUT2D eigenvalue weighted by Gasteiger charge is -2.33. The molecule has 1 fully saturated rings. The van der Waals surface area contributed by atoms with Crippen LogP contribution in [0.1, 0.15) is 59.8 Å². The molecule has 2 amide bonds. The number of methoxy groups -OCH3 is 1. The molecule has 6 nitrogen and oxygen atoms in total. The summed E-state index contributed by atoms with van der Waals surface area (Å²) in [4.78, 5) is 28.9. The van der Waals surface area contributed by atoms with Crippen molar-refractivity contribution in [1.82, 2.24) is 10.2 Å². The minimum absolute atomic E-state index is 0.136. The average Bonchev–Trinajstić information content (AvgIpc) is 3.43. The summed E-state index contributed by atoms with van der Waals surface area (Å²) in [7, 11) is 1.61. The Hall–Kier alpha value is -3.54. The number of amides is 2. The minimum atomic E-state index is -0.783. The van der Waals surface area contributed by atoms with Gasteiger partial charge in [0, 0.05) is 12.6 Å². The zero-order chi connectivity index (χ0) is 23.8. The molecule has 2 aromatic carbocycles. The molecule has 0 aliphatic heterocycles. The van der Waals surface area contributed by atoms with Gasteiger partial charge in [-0.05, 0) is 54.7 Å². The van der Waals surface area contributed by atoms with Gasteiger partial charge in [-0.15, -0.1) is 0 Å². The second-order valence-corrected chi connectivity index (χ2v) is 8.73. The SMILES string of the molecule is COc1ccc(C(C(=O)NC2CCCCC2)N(CCc2ccccc2)C(=O)c2ccco2)cc1. The Bertz CT molecular complexity index is 1040. The first kappa shape index (κ1) is 23.6. The fourth-order valence-corrected chi connectivity index (χ4v) is 4.57. The number of nitrogens with one attached hydrogen (secondary N) is 1. The lowest BCUT2D eigenvalue weighted by molar-refractivity contribution is -0.126. The van der Waals surface area contributed by atoms with Gasteiger partial charge < -0.3 is 19.4 Å². The van der Waals surface area contributed by atoms with Crippen molar-refractivity contribution in [2.75, 3.05) is 13.7 Å². The largest absolute Gasteiger partial charge is 0.497 e. The van der Waals surface area contributed by atoms with E-state index in [2.05, 4.69) is 5.32 Å². The Balaban J connectivity index is 1.67. The molecule has 1 aliphatic carbocycles. The Morgan fingerprint density at radius 2 is 1.74 bits per heavy atom. The molecule has 1 unspecified atom stereocenters.